The van der Waals surface area contributed by atoms with Crippen LogP contribution in [-0.2, 0) is 6.54 Å². The van der Waals surface area contributed by atoms with Gasteiger partial charge in [0.25, 0.3) is 5.69 Å². The summed E-state index contributed by atoms with van der Waals surface area (Å²) >= 11 is 5.94. The third kappa shape index (κ3) is 4.31. The van der Waals surface area contributed by atoms with Crippen molar-refractivity contribution in [3.63, 3.8) is 0 Å². The van der Waals surface area contributed by atoms with Gasteiger partial charge < -0.3 is 4.90 Å². The molecule has 7 heteroatoms. The first-order valence-electron chi connectivity index (χ1n) is 8.47. The van der Waals surface area contributed by atoms with Crippen molar-refractivity contribution in [1.29, 1.82) is 5.26 Å². The number of nitro benzene ring substituents is 1. The molecule has 1 saturated heterocycles. The molecule has 3 rings (SSSR count). The van der Waals surface area contributed by atoms with E-state index in [9.17, 15) is 15.4 Å². The summed E-state index contributed by atoms with van der Waals surface area (Å²) in [6.07, 6.45) is 0.968. The Morgan fingerprint density at radius 2 is 1.88 bits per heavy atom. The van der Waals surface area contributed by atoms with Crippen LogP contribution in [0.3, 0.4) is 0 Å². The second kappa shape index (κ2) is 8.17. The molecule has 1 fully saturated rings. The van der Waals surface area contributed by atoms with Gasteiger partial charge in [-0.3, -0.25) is 15.0 Å². The van der Waals surface area contributed by atoms with Crippen LogP contribution in [0.2, 0.25) is 5.02 Å². The van der Waals surface area contributed by atoms with E-state index in [0.717, 1.165) is 49.9 Å². The zero-order valence-corrected chi connectivity index (χ0v) is 15.0. The summed E-state index contributed by atoms with van der Waals surface area (Å²) in [6, 6.07) is 14.5. The summed E-state index contributed by atoms with van der Waals surface area (Å²) < 4.78 is 0. The molecule has 6 nitrogen and oxygen atoms in total. The predicted molar refractivity (Wildman–Crippen MR) is 101 cm³/mol. The van der Waals surface area contributed by atoms with Crippen molar-refractivity contribution in [2.75, 3.05) is 31.1 Å². The maximum Gasteiger partial charge on any atom is 0.270 e. The van der Waals surface area contributed by atoms with Crippen molar-refractivity contribution in [1.82, 2.24) is 4.90 Å². The van der Waals surface area contributed by atoms with Crippen LogP contribution in [0.5, 0.6) is 0 Å². The van der Waals surface area contributed by atoms with E-state index in [2.05, 4.69) is 15.9 Å². The Morgan fingerprint density at radius 3 is 2.58 bits per heavy atom. The fourth-order valence-corrected chi connectivity index (χ4v) is 3.35. The lowest BCUT2D eigenvalue weighted by Crippen LogP contribution is -2.30. The van der Waals surface area contributed by atoms with Crippen molar-refractivity contribution < 1.29 is 4.92 Å². The van der Waals surface area contributed by atoms with E-state index in [0.29, 0.717) is 5.56 Å². The van der Waals surface area contributed by atoms with Gasteiger partial charge in [0.2, 0.25) is 0 Å². The van der Waals surface area contributed by atoms with Crippen LogP contribution >= 0.6 is 11.6 Å². The first-order chi connectivity index (χ1) is 12.6. The van der Waals surface area contributed by atoms with Gasteiger partial charge >= 0.3 is 0 Å². The quantitative estimate of drug-likeness (QED) is 0.604. The molecule has 2 aromatic rings. The number of nitro groups is 1. The van der Waals surface area contributed by atoms with Gasteiger partial charge in [-0.15, -0.1) is 0 Å². The Morgan fingerprint density at radius 1 is 1.12 bits per heavy atom. The highest BCUT2D eigenvalue weighted by molar-refractivity contribution is 6.30. The fraction of sp³-hybridized carbons (Fsp3) is 0.316. The molecule has 134 valence electrons. The fourth-order valence-electron chi connectivity index (χ4n) is 3.22. The highest BCUT2D eigenvalue weighted by Gasteiger charge is 2.19. The third-order valence-electron chi connectivity index (χ3n) is 4.56. The second-order valence-corrected chi connectivity index (χ2v) is 6.75. The van der Waals surface area contributed by atoms with Gasteiger partial charge in [0.15, 0.2) is 0 Å². The van der Waals surface area contributed by atoms with Gasteiger partial charge in [-0.25, -0.2) is 0 Å². The lowest BCUT2D eigenvalue weighted by molar-refractivity contribution is -0.384. The molecule has 0 N–H and O–H groups in total. The van der Waals surface area contributed by atoms with Gasteiger partial charge in [0, 0.05) is 49.9 Å². The van der Waals surface area contributed by atoms with E-state index in [1.807, 2.05) is 24.3 Å². The molecular weight excluding hydrogens is 352 g/mol. The number of benzene rings is 2. The first-order valence-corrected chi connectivity index (χ1v) is 8.85. The Bertz CT molecular complexity index is 832. The number of nitriles is 1. The van der Waals surface area contributed by atoms with Gasteiger partial charge in [0.1, 0.15) is 6.07 Å². The SMILES string of the molecule is N#Cc1cc([N+](=O)[O-])ccc1N1CCCN(Cc2ccc(Cl)cc2)CC1. The monoisotopic (exact) mass is 370 g/mol. The molecule has 0 aliphatic carbocycles. The minimum Gasteiger partial charge on any atom is -0.369 e. The molecule has 0 bridgehead atoms. The van der Waals surface area contributed by atoms with Crippen LogP contribution in [0.4, 0.5) is 11.4 Å². The topological polar surface area (TPSA) is 73.4 Å². The van der Waals surface area contributed by atoms with E-state index in [-0.39, 0.29) is 5.69 Å². The second-order valence-electron chi connectivity index (χ2n) is 6.31. The molecule has 1 aliphatic heterocycles. The predicted octanol–water partition coefficient (Wildman–Crippen LogP) is 3.83. The number of nitrogens with zero attached hydrogens (tertiary/aromatic N) is 4. The number of non-ortho nitro benzene ring substituents is 1. The van der Waals surface area contributed by atoms with E-state index in [1.54, 1.807) is 6.07 Å². The van der Waals surface area contributed by atoms with Crippen LogP contribution in [-0.4, -0.2) is 36.0 Å². The summed E-state index contributed by atoms with van der Waals surface area (Å²) in [5.74, 6) is 0. The molecule has 2 aromatic carbocycles. The Balaban J connectivity index is 1.69. The number of hydrogen-bond donors (Lipinski definition) is 0. The maximum atomic E-state index is 10.9. The molecule has 26 heavy (non-hydrogen) atoms. The molecule has 0 amide bonds. The maximum absolute atomic E-state index is 10.9. The van der Waals surface area contributed by atoms with Gasteiger partial charge in [-0.2, -0.15) is 5.26 Å². The third-order valence-corrected chi connectivity index (χ3v) is 4.81. The van der Waals surface area contributed by atoms with Crippen LogP contribution in [0, 0.1) is 21.4 Å². The molecule has 0 radical (unpaired) electrons. The smallest absolute Gasteiger partial charge is 0.270 e. The summed E-state index contributed by atoms with van der Waals surface area (Å²) in [6.45, 7) is 4.29. The standard InChI is InChI=1S/C19H19ClN4O2/c20-17-4-2-15(3-5-17)14-22-8-1-9-23(11-10-22)19-7-6-18(24(25)26)12-16(19)13-21/h2-7,12H,1,8-11,14H2. The molecule has 0 aromatic heterocycles. The van der Waals surface area contributed by atoms with Crippen LogP contribution in [0.1, 0.15) is 17.5 Å². The highest BCUT2D eigenvalue weighted by atomic mass is 35.5. The lowest BCUT2D eigenvalue weighted by atomic mass is 10.1. The Labute approximate surface area is 157 Å². The number of rotatable bonds is 4. The molecular formula is C19H19ClN4O2. The number of anilines is 1. The largest absolute Gasteiger partial charge is 0.369 e. The number of halogens is 1. The Hall–Kier alpha value is -2.62. The minimum atomic E-state index is -0.471. The zero-order valence-electron chi connectivity index (χ0n) is 14.3. The minimum absolute atomic E-state index is 0.0514. The van der Waals surface area contributed by atoms with Crippen molar-refractivity contribution in [2.45, 2.75) is 13.0 Å². The summed E-state index contributed by atoms with van der Waals surface area (Å²) in [5, 5.41) is 21.0. The summed E-state index contributed by atoms with van der Waals surface area (Å²) in [4.78, 5) is 15.0. The summed E-state index contributed by atoms with van der Waals surface area (Å²) in [7, 11) is 0. The molecule has 0 atom stereocenters. The molecule has 0 unspecified atom stereocenters. The van der Waals surface area contributed by atoms with E-state index in [4.69, 9.17) is 11.6 Å². The highest BCUT2D eigenvalue weighted by Crippen LogP contribution is 2.26. The van der Waals surface area contributed by atoms with Crippen LogP contribution < -0.4 is 4.90 Å². The molecule has 1 aliphatic rings. The Kier molecular flexibility index (Phi) is 5.71. The van der Waals surface area contributed by atoms with Crippen molar-refractivity contribution in [2.24, 2.45) is 0 Å². The normalized spacial score (nSPS) is 15.3. The first kappa shape index (κ1) is 18.2. The van der Waals surface area contributed by atoms with Gasteiger partial charge in [-0.05, 0) is 30.2 Å². The van der Waals surface area contributed by atoms with E-state index in [1.165, 1.54) is 17.7 Å². The lowest BCUT2D eigenvalue weighted by Gasteiger charge is -2.24. The molecule has 0 saturated carbocycles. The molecule has 1 heterocycles. The van der Waals surface area contributed by atoms with Crippen molar-refractivity contribution in [3.8, 4) is 6.07 Å². The zero-order chi connectivity index (χ0) is 18.5. The summed E-state index contributed by atoms with van der Waals surface area (Å²) in [5.41, 5.74) is 2.29. The van der Waals surface area contributed by atoms with Crippen LogP contribution in [0.15, 0.2) is 42.5 Å². The van der Waals surface area contributed by atoms with E-state index < -0.39 is 4.92 Å². The van der Waals surface area contributed by atoms with Gasteiger partial charge in [0.05, 0.1) is 16.2 Å². The molecule has 0 spiro atoms. The van der Waals surface area contributed by atoms with Crippen molar-refractivity contribution >= 4 is 23.0 Å². The van der Waals surface area contributed by atoms with Gasteiger partial charge in [-0.1, -0.05) is 23.7 Å². The van der Waals surface area contributed by atoms with Crippen molar-refractivity contribution in [3.05, 3.63) is 68.7 Å². The number of hydrogen-bond acceptors (Lipinski definition) is 5. The van der Waals surface area contributed by atoms with Crippen LogP contribution in [0.25, 0.3) is 0 Å². The average Bonchev–Trinajstić information content (AvgIpc) is 2.88. The average molecular weight is 371 g/mol. The van der Waals surface area contributed by atoms with E-state index >= 15 is 0 Å².